The number of benzene rings is 2. The molecule has 1 aliphatic heterocycles. The van der Waals surface area contributed by atoms with E-state index < -0.39 is 23.2 Å². The summed E-state index contributed by atoms with van der Waals surface area (Å²) in [6, 6.07) is 10.3. The standard InChI is InChI=1S/C28H32ClF3N2O4S/c1-33(2)25(35)22-8-7-21(15-24(22)29)39-16-18-13-23(18)17-9-11-34(12-10-17)26(36)27(37,28(30,31)32)19-5-4-6-20(14-19)38-3/h4-8,14-15,17-18,23,37H,9-13,16H2,1-3H3/t18-,23+,27+/m0/s1. The molecule has 0 radical (unpaired) electrons. The van der Waals surface area contributed by atoms with Gasteiger partial charge in [0.05, 0.1) is 17.7 Å². The van der Waals surface area contributed by atoms with Crippen LogP contribution in [0.1, 0.15) is 35.2 Å². The monoisotopic (exact) mass is 584 g/mol. The number of thioether (sulfide) groups is 1. The number of likely N-dealkylation sites (tertiary alicyclic amines) is 1. The third-order valence-corrected chi connectivity index (χ3v) is 9.15. The molecule has 2 amide bonds. The molecule has 39 heavy (non-hydrogen) atoms. The van der Waals surface area contributed by atoms with Gasteiger partial charge in [-0.2, -0.15) is 13.2 Å². The highest BCUT2D eigenvalue weighted by Gasteiger charge is 2.62. The van der Waals surface area contributed by atoms with Gasteiger partial charge in [0.2, 0.25) is 0 Å². The van der Waals surface area contributed by atoms with Crippen LogP contribution < -0.4 is 4.74 Å². The Kier molecular flexibility index (Phi) is 8.78. The highest BCUT2D eigenvalue weighted by molar-refractivity contribution is 7.99. The molecule has 1 aliphatic carbocycles. The molecule has 1 heterocycles. The van der Waals surface area contributed by atoms with E-state index in [2.05, 4.69) is 0 Å². The molecule has 2 aliphatic rings. The van der Waals surface area contributed by atoms with Gasteiger partial charge in [0.15, 0.2) is 0 Å². The number of hydrogen-bond donors (Lipinski definition) is 1. The molecule has 1 N–H and O–H groups in total. The van der Waals surface area contributed by atoms with Gasteiger partial charge in [-0.15, -0.1) is 11.8 Å². The van der Waals surface area contributed by atoms with Gasteiger partial charge in [0, 0.05) is 43.4 Å². The van der Waals surface area contributed by atoms with Crippen molar-refractivity contribution in [3.63, 3.8) is 0 Å². The van der Waals surface area contributed by atoms with E-state index >= 15 is 0 Å². The topological polar surface area (TPSA) is 70.1 Å². The van der Waals surface area contributed by atoms with Crippen molar-refractivity contribution in [1.29, 1.82) is 0 Å². The van der Waals surface area contributed by atoms with Gasteiger partial charge in [0.1, 0.15) is 5.75 Å². The summed E-state index contributed by atoms with van der Waals surface area (Å²) in [5, 5.41) is 11.2. The maximum absolute atomic E-state index is 14.1. The molecular weight excluding hydrogens is 553 g/mol. The van der Waals surface area contributed by atoms with Crippen LogP contribution in [-0.4, -0.2) is 72.9 Å². The minimum Gasteiger partial charge on any atom is -0.497 e. The van der Waals surface area contributed by atoms with Crippen molar-refractivity contribution in [3.8, 4) is 5.75 Å². The predicted octanol–water partition coefficient (Wildman–Crippen LogP) is 5.47. The summed E-state index contributed by atoms with van der Waals surface area (Å²) in [4.78, 5) is 28.9. The van der Waals surface area contributed by atoms with Crippen molar-refractivity contribution >= 4 is 35.2 Å². The Morgan fingerprint density at radius 3 is 2.44 bits per heavy atom. The van der Waals surface area contributed by atoms with E-state index in [1.165, 1.54) is 24.1 Å². The van der Waals surface area contributed by atoms with Crippen LogP contribution in [0.5, 0.6) is 5.75 Å². The van der Waals surface area contributed by atoms with Crippen LogP contribution in [0.25, 0.3) is 0 Å². The average molecular weight is 585 g/mol. The number of carbonyl (C=O) groups excluding carboxylic acids is 2. The van der Waals surface area contributed by atoms with E-state index in [0.29, 0.717) is 41.2 Å². The molecule has 1 saturated carbocycles. The summed E-state index contributed by atoms with van der Waals surface area (Å²) in [5.74, 6) is 0.759. The number of piperidine rings is 1. The zero-order valence-corrected chi connectivity index (χ0v) is 23.6. The molecule has 212 valence electrons. The number of ether oxygens (including phenoxy) is 1. The number of halogens is 4. The second kappa shape index (κ2) is 11.6. The van der Waals surface area contributed by atoms with Crippen LogP contribution in [0.3, 0.4) is 0 Å². The first-order valence-electron chi connectivity index (χ1n) is 12.7. The van der Waals surface area contributed by atoms with Gasteiger partial charge in [-0.25, -0.2) is 0 Å². The number of rotatable bonds is 8. The summed E-state index contributed by atoms with van der Waals surface area (Å²) in [6.45, 7) is 0.332. The van der Waals surface area contributed by atoms with Crippen molar-refractivity contribution < 1.29 is 32.6 Å². The van der Waals surface area contributed by atoms with Crippen molar-refractivity contribution in [2.24, 2.45) is 17.8 Å². The molecule has 11 heteroatoms. The molecule has 0 bridgehead atoms. The zero-order valence-electron chi connectivity index (χ0n) is 22.0. The number of methoxy groups -OCH3 is 1. The molecule has 2 fully saturated rings. The van der Waals surface area contributed by atoms with Crippen LogP contribution in [-0.2, 0) is 10.4 Å². The van der Waals surface area contributed by atoms with E-state index in [1.54, 1.807) is 38.0 Å². The lowest BCUT2D eigenvalue weighted by atomic mass is 9.87. The number of nitrogens with zero attached hydrogens (tertiary/aromatic N) is 2. The Hall–Kier alpha value is -2.43. The lowest BCUT2D eigenvalue weighted by molar-refractivity contribution is -0.262. The van der Waals surface area contributed by atoms with Gasteiger partial charge >= 0.3 is 6.18 Å². The Balaban J connectivity index is 1.32. The normalized spacial score (nSPS) is 21.3. The first-order chi connectivity index (χ1) is 18.4. The molecule has 6 nitrogen and oxygen atoms in total. The lowest BCUT2D eigenvalue weighted by Crippen LogP contribution is -2.57. The molecule has 0 unspecified atom stereocenters. The molecule has 0 spiro atoms. The molecule has 2 aromatic rings. The summed E-state index contributed by atoms with van der Waals surface area (Å²) in [7, 11) is 4.65. The van der Waals surface area contributed by atoms with Crippen molar-refractivity contribution in [2.75, 3.05) is 40.0 Å². The third-order valence-electron chi connectivity index (χ3n) is 7.66. The summed E-state index contributed by atoms with van der Waals surface area (Å²) >= 11 is 7.99. The predicted molar refractivity (Wildman–Crippen MR) is 144 cm³/mol. The summed E-state index contributed by atoms with van der Waals surface area (Å²) < 4.78 is 47.2. The smallest absolute Gasteiger partial charge is 0.430 e. The van der Waals surface area contributed by atoms with Crippen LogP contribution >= 0.6 is 23.4 Å². The zero-order chi connectivity index (χ0) is 28.5. The quantitative estimate of drug-likeness (QED) is 0.417. The van der Waals surface area contributed by atoms with Crippen LogP contribution in [0, 0.1) is 17.8 Å². The largest absolute Gasteiger partial charge is 0.497 e. The minimum atomic E-state index is -5.19. The van der Waals surface area contributed by atoms with Crippen molar-refractivity contribution in [2.45, 2.75) is 35.9 Å². The first-order valence-corrected chi connectivity index (χ1v) is 14.1. The molecule has 3 atom stereocenters. The minimum absolute atomic E-state index is 0.125. The van der Waals surface area contributed by atoms with Crippen LogP contribution in [0.15, 0.2) is 47.4 Å². The van der Waals surface area contributed by atoms with Gasteiger partial charge < -0.3 is 19.6 Å². The Morgan fingerprint density at radius 2 is 1.85 bits per heavy atom. The number of amides is 2. The fraction of sp³-hybridized carbons (Fsp3) is 0.500. The van der Waals surface area contributed by atoms with E-state index in [1.807, 2.05) is 6.07 Å². The third kappa shape index (κ3) is 6.18. The summed E-state index contributed by atoms with van der Waals surface area (Å²) in [5.41, 5.74) is -3.73. The maximum Gasteiger partial charge on any atom is 0.430 e. The molecule has 1 saturated heterocycles. The van der Waals surface area contributed by atoms with E-state index in [9.17, 15) is 27.9 Å². The fourth-order valence-electron chi connectivity index (χ4n) is 5.26. The average Bonchev–Trinajstić information content (AvgIpc) is 3.70. The molecular formula is C28H32ClF3N2O4S. The number of alkyl halides is 3. The van der Waals surface area contributed by atoms with Crippen molar-refractivity contribution in [3.05, 3.63) is 58.6 Å². The molecule has 4 rings (SSSR count). The van der Waals surface area contributed by atoms with Gasteiger partial charge in [-0.1, -0.05) is 23.7 Å². The van der Waals surface area contributed by atoms with E-state index in [4.69, 9.17) is 16.3 Å². The van der Waals surface area contributed by atoms with E-state index in [0.717, 1.165) is 34.1 Å². The number of aliphatic hydroxyl groups is 1. The second-order valence-corrected chi connectivity index (χ2v) is 11.9. The van der Waals surface area contributed by atoms with Crippen molar-refractivity contribution in [1.82, 2.24) is 9.80 Å². The van der Waals surface area contributed by atoms with Gasteiger partial charge in [-0.05, 0) is 67.3 Å². The van der Waals surface area contributed by atoms with Crippen LogP contribution in [0.4, 0.5) is 13.2 Å². The fourth-order valence-corrected chi connectivity index (χ4v) is 6.74. The molecule has 2 aromatic carbocycles. The second-order valence-electron chi connectivity index (χ2n) is 10.4. The Bertz CT molecular complexity index is 1220. The maximum atomic E-state index is 14.1. The van der Waals surface area contributed by atoms with Gasteiger partial charge in [0.25, 0.3) is 17.4 Å². The number of hydrogen-bond acceptors (Lipinski definition) is 5. The Morgan fingerprint density at radius 1 is 1.15 bits per heavy atom. The van der Waals surface area contributed by atoms with Gasteiger partial charge in [-0.3, -0.25) is 9.59 Å². The van der Waals surface area contributed by atoms with E-state index in [-0.39, 0.29) is 24.7 Å². The highest BCUT2D eigenvalue weighted by atomic mass is 35.5. The number of carbonyl (C=O) groups is 2. The lowest BCUT2D eigenvalue weighted by Gasteiger charge is -2.38. The molecule has 0 aromatic heterocycles. The summed E-state index contributed by atoms with van der Waals surface area (Å²) in [6.07, 6.45) is -2.96. The Labute approximate surface area is 235 Å². The van der Waals surface area contributed by atoms with Crippen LogP contribution in [0.2, 0.25) is 5.02 Å². The highest BCUT2D eigenvalue weighted by Crippen LogP contribution is 2.50. The first kappa shape index (κ1) is 29.6. The SMILES string of the molecule is COc1cccc([C@@](O)(C(=O)N2CCC([C@H]3C[C@H]3CSc3ccc(C(=O)N(C)C)c(Cl)c3)CC2)C(F)(F)F)c1.